The van der Waals surface area contributed by atoms with Gasteiger partial charge in [0.15, 0.2) is 5.60 Å². The predicted molar refractivity (Wildman–Crippen MR) is 112 cm³/mol. The number of aliphatic hydroxyl groups is 5. The molecule has 1 amide bonds. The summed E-state index contributed by atoms with van der Waals surface area (Å²) in [6, 6.07) is 2.57. The molecule has 0 aromatic heterocycles. The van der Waals surface area contributed by atoms with Crippen LogP contribution in [0.15, 0.2) is 35.1 Å². The molecule has 0 saturated heterocycles. The third-order valence-electron chi connectivity index (χ3n) is 7.03. The number of hydrogen-bond donors (Lipinski definition) is 7. The summed E-state index contributed by atoms with van der Waals surface area (Å²) in [5, 5.41) is 66.2. The van der Waals surface area contributed by atoms with Gasteiger partial charge < -0.3 is 36.4 Å². The number of carbonyl (C=O) groups excluding carboxylic acids is 3. The molecule has 1 aromatic carbocycles. The van der Waals surface area contributed by atoms with Gasteiger partial charge in [0.25, 0.3) is 5.91 Å². The predicted octanol–water partition coefficient (Wildman–Crippen LogP) is -1.40. The lowest BCUT2D eigenvalue weighted by Gasteiger charge is -2.55. The Morgan fingerprint density at radius 2 is 1.70 bits per heavy atom. The van der Waals surface area contributed by atoms with Crippen molar-refractivity contribution >= 4 is 23.2 Å². The number of rotatable bonds is 2. The zero-order valence-corrected chi connectivity index (χ0v) is 18.0. The van der Waals surface area contributed by atoms with Gasteiger partial charge in [0, 0.05) is 0 Å². The molecule has 0 radical (unpaired) electrons. The lowest BCUT2D eigenvalue weighted by molar-refractivity contribution is -0.185. The summed E-state index contributed by atoms with van der Waals surface area (Å²) in [7, 11) is 2.84. The Balaban J connectivity index is 2.09. The van der Waals surface area contributed by atoms with E-state index in [2.05, 4.69) is 0 Å². The molecule has 0 spiro atoms. The molecule has 4 rings (SSSR count). The average Bonchev–Trinajstić information content (AvgIpc) is 2.70. The number of nitrogens with zero attached hydrogens (tertiary/aromatic N) is 1. The van der Waals surface area contributed by atoms with Crippen LogP contribution in [0.1, 0.15) is 18.1 Å². The quantitative estimate of drug-likeness (QED) is 0.203. The molecule has 3 aliphatic carbocycles. The first kappa shape index (κ1) is 22.9. The first-order valence-corrected chi connectivity index (χ1v) is 10.1. The van der Waals surface area contributed by atoms with E-state index < -0.39 is 81.1 Å². The zero-order chi connectivity index (χ0) is 24.8. The molecule has 0 aliphatic heterocycles. The topological polar surface area (TPSA) is 202 Å². The fourth-order valence-corrected chi connectivity index (χ4v) is 5.60. The lowest BCUT2D eigenvalue weighted by atomic mass is 9.53. The van der Waals surface area contributed by atoms with Crippen LogP contribution in [0.5, 0.6) is 5.75 Å². The minimum absolute atomic E-state index is 0.00664. The monoisotopic (exact) mass is 460 g/mol. The second-order valence-corrected chi connectivity index (χ2v) is 9.06. The van der Waals surface area contributed by atoms with Crippen molar-refractivity contribution in [3.8, 4) is 5.75 Å². The van der Waals surface area contributed by atoms with Gasteiger partial charge in [0.05, 0.1) is 40.7 Å². The van der Waals surface area contributed by atoms with Gasteiger partial charge in [0.1, 0.15) is 22.8 Å². The second kappa shape index (κ2) is 6.87. The maximum absolute atomic E-state index is 13.7. The number of carbonyl (C=O) groups is 3. The number of phenols is 1. The van der Waals surface area contributed by atoms with E-state index in [1.54, 1.807) is 0 Å². The van der Waals surface area contributed by atoms with Crippen molar-refractivity contribution in [2.75, 3.05) is 14.1 Å². The number of aromatic hydroxyl groups is 1. The van der Waals surface area contributed by atoms with E-state index >= 15 is 0 Å². The number of likely N-dealkylation sites (N-methyl/N-ethyl adjacent to an activating group) is 1. The third kappa shape index (κ3) is 2.61. The molecule has 1 fully saturated rings. The van der Waals surface area contributed by atoms with Crippen LogP contribution in [0, 0.1) is 11.8 Å². The Bertz CT molecular complexity index is 1180. The van der Waals surface area contributed by atoms with E-state index in [-0.39, 0.29) is 11.1 Å². The molecule has 1 saturated carbocycles. The smallest absolute Gasteiger partial charge is 0.255 e. The van der Waals surface area contributed by atoms with Crippen LogP contribution >= 0.6 is 0 Å². The molecule has 0 heterocycles. The van der Waals surface area contributed by atoms with Crippen molar-refractivity contribution in [3.05, 3.63) is 46.2 Å². The standard InChI is InChI=1S/C22H24N2O9/c1-21(32)7-5-4-6-8(25)9(7)15(26)10-12(21)17(28)13-14(24(2)3)16(27)11(20(23)31)19(30)22(13,33)18(10)29/h4-6,12-14,17,25-28,32-33H,1-3H3,(H2,23,31)/t12?,13?,14?,17-,21?,22?/m0/s1. The van der Waals surface area contributed by atoms with Gasteiger partial charge in [-0.2, -0.15) is 0 Å². The van der Waals surface area contributed by atoms with E-state index in [1.165, 1.54) is 44.1 Å². The molecule has 33 heavy (non-hydrogen) atoms. The van der Waals surface area contributed by atoms with Crippen LogP contribution in [-0.2, 0) is 20.0 Å². The maximum atomic E-state index is 13.7. The van der Waals surface area contributed by atoms with Gasteiger partial charge in [0.2, 0.25) is 11.6 Å². The molecule has 1 aromatic rings. The van der Waals surface area contributed by atoms with E-state index in [9.17, 15) is 45.0 Å². The van der Waals surface area contributed by atoms with Crippen molar-refractivity contribution in [2.24, 2.45) is 17.6 Å². The number of amides is 1. The largest absolute Gasteiger partial charge is 0.510 e. The Kier molecular flexibility index (Phi) is 4.78. The molecule has 8 N–H and O–H groups in total. The van der Waals surface area contributed by atoms with Crippen molar-refractivity contribution < 1.29 is 45.0 Å². The second-order valence-electron chi connectivity index (χ2n) is 9.06. The Labute approximate surface area is 187 Å². The van der Waals surface area contributed by atoms with E-state index in [0.29, 0.717) is 0 Å². The van der Waals surface area contributed by atoms with Crippen LogP contribution in [0.2, 0.25) is 0 Å². The summed E-state index contributed by atoms with van der Waals surface area (Å²) < 4.78 is 0. The first-order valence-electron chi connectivity index (χ1n) is 10.1. The highest BCUT2D eigenvalue weighted by Crippen LogP contribution is 2.56. The first-order chi connectivity index (χ1) is 15.2. The fraction of sp³-hybridized carbons (Fsp3) is 0.409. The van der Waals surface area contributed by atoms with Crippen LogP contribution < -0.4 is 5.73 Å². The normalized spacial score (nSPS) is 36.0. The van der Waals surface area contributed by atoms with E-state index in [0.717, 1.165) is 0 Å². The number of nitrogens with two attached hydrogens (primary N) is 1. The number of ketones is 2. The number of primary amides is 1. The van der Waals surface area contributed by atoms with Crippen LogP contribution in [0.4, 0.5) is 0 Å². The molecule has 0 bridgehead atoms. The average molecular weight is 460 g/mol. The van der Waals surface area contributed by atoms with E-state index in [1.807, 2.05) is 0 Å². The van der Waals surface area contributed by atoms with Crippen LogP contribution in [-0.4, -0.2) is 84.9 Å². The number of fused-ring (bicyclic) bond motifs is 3. The number of hydrogen-bond acceptors (Lipinski definition) is 10. The Morgan fingerprint density at radius 3 is 2.24 bits per heavy atom. The molecular formula is C22H24N2O9. The molecular weight excluding hydrogens is 436 g/mol. The van der Waals surface area contributed by atoms with Gasteiger partial charge >= 0.3 is 0 Å². The zero-order valence-electron chi connectivity index (χ0n) is 18.0. The highest BCUT2D eigenvalue weighted by atomic mass is 16.3. The van der Waals surface area contributed by atoms with Crippen molar-refractivity contribution in [1.82, 2.24) is 4.90 Å². The summed E-state index contributed by atoms with van der Waals surface area (Å²) in [5.41, 5.74) is -1.87. The molecule has 11 nitrogen and oxygen atoms in total. The number of benzene rings is 1. The number of aliphatic hydroxyl groups excluding tert-OH is 3. The summed E-state index contributed by atoms with van der Waals surface area (Å²) in [4.78, 5) is 40.1. The SMILES string of the molecule is CN(C)C1C(O)=C(C(N)=O)C(=O)C2(O)C(=O)C3=C(O)c4c(O)cccc4C(C)(O)C3[C@H](O)C12. The van der Waals surface area contributed by atoms with Gasteiger partial charge in [-0.15, -0.1) is 0 Å². The van der Waals surface area contributed by atoms with Crippen molar-refractivity contribution in [2.45, 2.75) is 30.3 Å². The molecule has 11 heteroatoms. The Hall–Kier alpha value is -3.25. The number of Topliss-reactive ketones (excluding diaryl/α,β-unsaturated/α-hetero) is 2. The van der Waals surface area contributed by atoms with Gasteiger partial charge in [-0.25, -0.2) is 0 Å². The van der Waals surface area contributed by atoms with E-state index in [4.69, 9.17) is 5.73 Å². The highest BCUT2D eigenvalue weighted by molar-refractivity contribution is 6.33. The molecule has 5 unspecified atom stereocenters. The van der Waals surface area contributed by atoms with Gasteiger partial charge in [-0.1, -0.05) is 12.1 Å². The summed E-state index contributed by atoms with van der Waals surface area (Å²) in [6.45, 7) is 1.25. The van der Waals surface area contributed by atoms with Crippen molar-refractivity contribution in [1.29, 1.82) is 0 Å². The lowest BCUT2D eigenvalue weighted by Crippen LogP contribution is -2.72. The number of phenolic OH excluding ortho intramolecular Hbond substituents is 1. The van der Waals surface area contributed by atoms with Crippen LogP contribution in [0.3, 0.4) is 0 Å². The van der Waals surface area contributed by atoms with Gasteiger partial charge in [-0.05, 0) is 32.6 Å². The summed E-state index contributed by atoms with van der Waals surface area (Å²) in [6.07, 6.45) is -1.87. The summed E-state index contributed by atoms with van der Waals surface area (Å²) in [5.74, 6) is -9.72. The van der Waals surface area contributed by atoms with Crippen LogP contribution in [0.25, 0.3) is 5.76 Å². The molecule has 3 aliphatic rings. The minimum Gasteiger partial charge on any atom is -0.510 e. The molecule has 176 valence electrons. The third-order valence-corrected chi connectivity index (χ3v) is 7.03. The van der Waals surface area contributed by atoms with Gasteiger partial charge in [-0.3, -0.25) is 19.3 Å². The molecule has 6 atom stereocenters. The highest BCUT2D eigenvalue weighted by Gasteiger charge is 2.70. The minimum atomic E-state index is -3.09. The Morgan fingerprint density at radius 1 is 1.09 bits per heavy atom. The summed E-state index contributed by atoms with van der Waals surface area (Å²) >= 11 is 0. The van der Waals surface area contributed by atoms with Crippen molar-refractivity contribution in [3.63, 3.8) is 0 Å². The maximum Gasteiger partial charge on any atom is 0.255 e. The fourth-order valence-electron chi connectivity index (χ4n) is 5.60.